The van der Waals surface area contributed by atoms with Gasteiger partial charge in [-0.3, -0.25) is 4.21 Å². The maximum absolute atomic E-state index is 12.2. The van der Waals surface area contributed by atoms with Crippen LogP contribution in [0.15, 0.2) is 24.3 Å². The molecule has 0 aliphatic rings. The van der Waals surface area contributed by atoms with Crippen molar-refractivity contribution in [2.45, 2.75) is 46.6 Å². The molecule has 3 atom stereocenters. The van der Waals surface area contributed by atoms with Gasteiger partial charge < -0.3 is 5.32 Å². The predicted molar refractivity (Wildman–Crippen MR) is 94.1 cm³/mol. The summed E-state index contributed by atoms with van der Waals surface area (Å²) < 4.78 is 12.2. The molecule has 0 amide bonds. The Morgan fingerprint density at radius 3 is 2.19 bits per heavy atom. The first-order valence-electron chi connectivity index (χ1n) is 8.07. The van der Waals surface area contributed by atoms with Crippen LogP contribution in [-0.2, 0) is 17.2 Å². The lowest BCUT2D eigenvalue weighted by Gasteiger charge is -2.18. The minimum absolute atomic E-state index is 0.183. The maximum atomic E-state index is 12.2. The molecule has 0 saturated heterocycles. The van der Waals surface area contributed by atoms with E-state index in [9.17, 15) is 4.21 Å². The summed E-state index contributed by atoms with van der Waals surface area (Å²) in [6.45, 7) is 8.81. The van der Waals surface area contributed by atoms with Crippen molar-refractivity contribution in [3.05, 3.63) is 35.4 Å². The molecule has 1 aromatic carbocycles. The van der Waals surface area contributed by atoms with Crippen molar-refractivity contribution < 1.29 is 4.21 Å². The van der Waals surface area contributed by atoms with Crippen molar-refractivity contribution in [3.8, 4) is 0 Å². The van der Waals surface area contributed by atoms with E-state index in [0.717, 1.165) is 18.6 Å². The summed E-state index contributed by atoms with van der Waals surface area (Å²) in [7, 11) is 1.19. The lowest BCUT2D eigenvalue weighted by Crippen LogP contribution is -2.24. The Morgan fingerprint density at radius 2 is 1.71 bits per heavy atom. The molecule has 2 nitrogen and oxygen atoms in total. The Bertz CT molecular complexity index is 427. The standard InChI is InChI=1S/C18H31NOS/c1-6-15(4)12-21(20)13-18(19-5)17-9-7-16(8-10-17)11-14(2)3/h7-10,14-15,18-19H,6,11-13H2,1-5H3. The Hall–Kier alpha value is -0.670. The zero-order chi connectivity index (χ0) is 15.8. The average Bonchev–Trinajstić information content (AvgIpc) is 2.45. The molecule has 1 aromatic rings. The first kappa shape index (κ1) is 18.4. The minimum atomic E-state index is -0.757. The number of hydrogen-bond acceptors (Lipinski definition) is 2. The van der Waals surface area contributed by atoms with Crippen molar-refractivity contribution in [3.63, 3.8) is 0 Å². The molecule has 0 aliphatic heterocycles. The normalized spacial score (nSPS) is 15.9. The second kappa shape index (κ2) is 9.37. The van der Waals surface area contributed by atoms with Crippen LogP contribution in [-0.4, -0.2) is 22.8 Å². The van der Waals surface area contributed by atoms with E-state index < -0.39 is 10.8 Å². The number of hydrogen-bond donors (Lipinski definition) is 1. The molecule has 0 spiro atoms. The molecule has 0 aromatic heterocycles. The van der Waals surface area contributed by atoms with E-state index in [2.05, 4.69) is 57.3 Å². The van der Waals surface area contributed by atoms with Crippen LogP contribution in [0, 0.1) is 11.8 Å². The van der Waals surface area contributed by atoms with Crippen LogP contribution in [0.25, 0.3) is 0 Å². The van der Waals surface area contributed by atoms with Gasteiger partial charge in [0.2, 0.25) is 0 Å². The summed E-state index contributed by atoms with van der Waals surface area (Å²) in [5, 5.41) is 3.31. The molecule has 21 heavy (non-hydrogen) atoms. The molecule has 1 rings (SSSR count). The van der Waals surface area contributed by atoms with Crippen molar-refractivity contribution in [1.82, 2.24) is 5.32 Å². The highest BCUT2D eigenvalue weighted by Crippen LogP contribution is 2.17. The first-order chi connectivity index (χ1) is 9.96. The SMILES string of the molecule is CCC(C)CS(=O)CC(NC)c1ccc(CC(C)C)cc1. The zero-order valence-electron chi connectivity index (χ0n) is 14.2. The molecule has 0 heterocycles. The highest BCUT2D eigenvalue weighted by atomic mass is 32.2. The van der Waals surface area contributed by atoms with Crippen molar-refractivity contribution in [1.29, 1.82) is 0 Å². The van der Waals surface area contributed by atoms with E-state index in [1.807, 2.05) is 7.05 Å². The quantitative estimate of drug-likeness (QED) is 0.748. The van der Waals surface area contributed by atoms with Crippen LogP contribution in [0.1, 0.15) is 51.3 Å². The maximum Gasteiger partial charge on any atom is 0.0434 e. The van der Waals surface area contributed by atoms with E-state index in [1.54, 1.807) is 0 Å². The fourth-order valence-electron chi connectivity index (χ4n) is 2.39. The smallest absolute Gasteiger partial charge is 0.0434 e. The van der Waals surface area contributed by atoms with Crippen LogP contribution < -0.4 is 5.32 Å². The second-order valence-electron chi connectivity index (χ2n) is 6.47. The predicted octanol–water partition coefficient (Wildman–Crippen LogP) is 3.94. The van der Waals surface area contributed by atoms with Crippen LogP contribution in [0.5, 0.6) is 0 Å². The third-order valence-electron chi connectivity index (χ3n) is 3.89. The van der Waals surface area contributed by atoms with Gasteiger partial charge in [0, 0.05) is 28.3 Å². The molecule has 3 heteroatoms. The Morgan fingerprint density at radius 1 is 1.10 bits per heavy atom. The van der Waals surface area contributed by atoms with Crippen LogP contribution in [0.3, 0.4) is 0 Å². The summed E-state index contributed by atoms with van der Waals surface area (Å²) in [5.74, 6) is 2.72. The van der Waals surface area contributed by atoms with E-state index in [0.29, 0.717) is 17.6 Å². The number of nitrogens with one attached hydrogen (secondary N) is 1. The molecule has 3 unspecified atom stereocenters. The van der Waals surface area contributed by atoms with Crippen molar-refractivity contribution in [2.24, 2.45) is 11.8 Å². The van der Waals surface area contributed by atoms with E-state index in [1.165, 1.54) is 11.1 Å². The van der Waals surface area contributed by atoms with Gasteiger partial charge in [0.05, 0.1) is 0 Å². The zero-order valence-corrected chi connectivity index (χ0v) is 15.0. The third-order valence-corrected chi connectivity index (χ3v) is 5.54. The fourth-order valence-corrected chi connectivity index (χ4v) is 4.13. The van der Waals surface area contributed by atoms with E-state index in [-0.39, 0.29) is 6.04 Å². The van der Waals surface area contributed by atoms with Gasteiger partial charge in [0.25, 0.3) is 0 Å². The molecule has 0 radical (unpaired) electrons. The molecule has 0 bridgehead atoms. The largest absolute Gasteiger partial charge is 0.312 e. The summed E-state index contributed by atoms with van der Waals surface area (Å²) in [6, 6.07) is 8.95. The van der Waals surface area contributed by atoms with Gasteiger partial charge in [-0.05, 0) is 36.4 Å². The van der Waals surface area contributed by atoms with Gasteiger partial charge in [0.15, 0.2) is 0 Å². The lowest BCUT2D eigenvalue weighted by atomic mass is 10.00. The molecule has 0 saturated carbocycles. The van der Waals surface area contributed by atoms with Gasteiger partial charge in [0.1, 0.15) is 0 Å². The number of rotatable bonds is 9. The molecule has 0 fully saturated rings. The molecule has 0 aliphatic carbocycles. The molecular formula is C18H31NOS. The summed E-state index contributed by atoms with van der Waals surface area (Å²) >= 11 is 0. The third kappa shape index (κ3) is 6.75. The summed E-state index contributed by atoms with van der Waals surface area (Å²) in [5.41, 5.74) is 2.62. The topological polar surface area (TPSA) is 29.1 Å². The number of benzene rings is 1. The van der Waals surface area contributed by atoms with E-state index in [4.69, 9.17) is 0 Å². The molecular weight excluding hydrogens is 278 g/mol. The Kier molecular flexibility index (Phi) is 8.20. The van der Waals surface area contributed by atoms with Gasteiger partial charge in [-0.2, -0.15) is 0 Å². The van der Waals surface area contributed by atoms with Gasteiger partial charge in [-0.25, -0.2) is 0 Å². The lowest BCUT2D eigenvalue weighted by molar-refractivity contribution is 0.602. The highest BCUT2D eigenvalue weighted by molar-refractivity contribution is 7.85. The fraction of sp³-hybridized carbons (Fsp3) is 0.667. The van der Waals surface area contributed by atoms with Crippen LogP contribution in [0.4, 0.5) is 0 Å². The minimum Gasteiger partial charge on any atom is -0.312 e. The van der Waals surface area contributed by atoms with Crippen LogP contribution in [0.2, 0.25) is 0 Å². The van der Waals surface area contributed by atoms with Gasteiger partial charge in [-0.1, -0.05) is 58.4 Å². The molecule has 120 valence electrons. The highest BCUT2D eigenvalue weighted by Gasteiger charge is 2.15. The first-order valence-corrected chi connectivity index (χ1v) is 9.56. The van der Waals surface area contributed by atoms with Crippen molar-refractivity contribution in [2.75, 3.05) is 18.6 Å². The monoisotopic (exact) mass is 309 g/mol. The molecule has 1 N–H and O–H groups in total. The van der Waals surface area contributed by atoms with Crippen molar-refractivity contribution >= 4 is 10.8 Å². The second-order valence-corrected chi connectivity index (χ2v) is 8.01. The Balaban J connectivity index is 2.65. The summed E-state index contributed by atoms with van der Waals surface area (Å²) in [4.78, 5) is 0. The van der Waals surface area contributed by atoms with Crippen LogP contribution >= 0.6 is 0 Å². The average molecular weight is 310 g/mol. The Labute approximate surface area is 133 Å². The van der Waals surface area contributed by atoms with Gasteiger partial charge >= 0.3 is 0 Å². The summed E-state index contributed by atoms with van der Waals surface area (Å²) in [6.07, 6.45) is 2.21. The van der Waals surface area contributed by atoms with Gasteiger partial charge in [-0.15, -0.1) is 0 Å². The van der Waals surface area contributed by atoms with E-state index >= 15 is 0 Å².